The number of ether oxygens (including phenoxy) is 1. The van der Waals surface area contributed by atoms with E-state index in [1.165, 1.54) is 12.1 Å². The predicted molar refractivity (Wildman–Crippen MR) is 71.9 cm³/mol. The second-order valence-electron chi connectivity index (χ2n) is 3.69. The molecule has 7 heteroatoms. The second kappa shape index (κ2) is 8.52. The molecule has 0 bridgehead atoms. The molecule has 0 aliphatic carbocycles. The number of halogens is 2. The molecule has 0 aliphatic rings. The summed E-state index contributed by atoms with van der Waals surface area (Å²) in [6.07, 6.45) is 0.0454. The van der Waals surface area contributed by atoms with Gasteiger partial charge in [-0.3, -0.25) is 9.59 Å². The molecule has 0 aromatic heterocycles. The molecular formula is C13H15F2NO3S. The topological polar surface area (TPSA) is 55.4 Å². The number of amides is 1. The van der Waals surface area contributed by atoms with Crippen LogP contribution in [0.4, 0.5) is 8.78 Å². The molecule has 0 heterocycles. The number of hydrogen-bond acceptors (Lipinski definition) is 4. The summed E-state index contributed by atoms with van der Waals surface area (Å²) in [6.45, 7) is 2.07. The number of rotatable bonds is 7. The SMILES string of the molecule is CCOC(=O)CCNC(=O)c1ccccc1SC(F)F. The van der Waals surface area contributed by atoms with Gasteiger partial charge in [-0.05, 0) is 19.1 Å². The number of carbonyl (C=O) groups is 2. The highest BCUT2D eigenvalue weighted by atomic mass is 32.2. The van der Waals surface area contributed by atoms with Gasteiger partial charge in [-0.2, -0.15) is 8.78 Å². The number of nitrogens with one attached hydrogen (secondary N) is 1. The summed E-state index contributed by atoms with van der Waals surface area (Å²) in [5, 5.41) is 2.50. The lowest BCUT2D eigenvalue weighted by Crippen LogP contribution is -2.27. The normalized spacial score (nSPS) is 10.4. The van der Waals surface area contributed by atoms with Crippen LogP contribution >= 0.6 is 11.8 Å². The van der Waals surface area contributed by atoms with Gasteiger partial charge in [0.15, 0.2) is 0 Å². The van der Waals surface area contributed by atoms with Gasteiger partial charge in [0, 0.05) is 11.4 Å². The maximum Gasteiger partial charge on any atom is 0.307 e. The summed E-state index contributed by atoms with van der Waals surface area (Å²) in [5.74, 6) is -3.50. The van der Waals surface area contributed by atoms with Gasteiger partial charge in [-0.15, -0.1) is 0 Å². The first kappa shape index (κ1) is 16.4. The molecular weight excluding hydrogens is 288 g/mol. The smallest absolute Gasteiger partial charge is 0.307 e. The molecule has 0 aliphatic heterocycles. The maximum atomic E-state index is 12.4. The van der Waals surface area contributed by atoms with E-state index in [0.29, 0.717) is 11.8 Å². The number of hydrogen-bond donors (Lipinski definition) is 1. The Morgan fingerprint density at radius 1 is 1.35 bits per heavy atom. The van der Waals surface area contributed by atoms with Gasteiger partial charge in [-0.25, -0.2) is 0 Å². The fraction of sp³-hybridized carbons (Fsp3) is 0.385. The Bertz CT molecular complexity index is 469. The minimum Gasteiger partial charge on any atom is -0.466 e. The van der Waals surface area contributed by atoms with Crippen molar-refractivity contribution in [1.29, 1.82) is 0 Å². The Hall–Kier alpha value is -1.63. The van der Waals surface area contributed by atoms with Crippen LogP contribution in [0.25, 0.3) is 0 Å². The van der Waals surface area contributed by atoms with Gasteiger partial charge in [0.25, 0.3) is 11.7 Å². The highest BCUT2D eigenvalue weighted by Crippen LogP contribution is 2.28. The van der Waals surface area contributed by atoms with Crippen LogP contribution in [0.3, 0.4) is 0 Å². The second-order valence-corrected chi connectivity index (χ2v) is 4.72. The number of alkyl halides is 2. The van der Waals surface area contributed by atoms with Crippen LogP contribution in [0, 0.1) is 0 Å². The molecule has 1 rings (SSSR count). The van der Waals surface area contributed by atoms with E-state index in [9.17, 15) is 18.4 Å². The van der Waals surface area contributed by atoms with E-state index in [2.05, 4.69) is 5.32 Å². The molecule has 1 aromatic rings. The average Bonchev–Trinajstić information content (AvgIpc) is 2.38. The summed E-state index contributed by atoms with van der Waals surface area (Å²) < 4.78 is 29.5. The van der Waals surface area contributed by atoms with Crippen LogP contribution in [-0.4, -0.2) is 30.8 Å². The predicted octanol–water partition coefficient (Wildman–Crippen LogP) is 2.68. The van der Waals surface area contributed by atoms with Crippen molar-refractivity contribution in [2.24, 2.45) is 0 Å². The third-order valence-electron chi connectivity index (χ3n) is 2.27. The molecule has 20 heavy (non-hydrogen) atoms. The quantitative estimate of drug-likeness (QED) is 0.621. The molecule has 1 N–H and O–H groups in total. The molecule has 0 unspecified atom stereocenters. The monoisotopic (exact) mass is 303 g/mol. The Balaban J connectivity index is 2.57. The van der Waals surface area contributed by atoms with E-state index in [1.807, 2.05) is 0 Å². The van der Waals surface area contributed by atoms with Gasteiger partial charge in [-0.1, -0.05) is 23.9 Å². The van der Waals surface area contributed by atoms with E-state index >= 15 is 0 Å². The minimum absolute atomic E-state index is 0.0454. The first-order valence-electron chi connectivity index (χ1n) is 6.02. The zero-order valence-electron chi connectivity index (χ0n) is 10.9. The zero-order valence-corrected chi connectivity index (χ0v) is 11.7. The summed E-state index contributed by atoms with van der Waals surface area (Å²) >= 11 is 0.315. The van der Waals surface area contributed by atoms with Crippen molar-refractivity contribution in [2.75, 3.05) is 13.2 Å². The number of carbonyl (C=O) groups excluding carboxylic acids is 2. The summed E-state index contributed by atoms with van der Waals surface area (Å²) in [6, 6.07) is 6.09. The van der Waals surface area contributed by atoms with Crippen molar-refractivity contribution in [3.8, 4) is 0 Å². The van der Waals surface area contributed by atoms with Crippen LogP contribution in [-0.2, 0) is 9.53 Å². The lowest BCUT2D eigenvalue weighted by molar-refractivity contribution is -0.142. The largest absolute Gasteiger partial charge is 0.466 e. The van der Waals surface area contributed by atoms with Crippen molar-refractivity contribution in [2.45, 2.75) is 24.0 Å². The molecule has 0 atom stereocenters. The van der Waals surface area contributed by atoms with Crippen molar-refractivity contribution in [3.63, 3.8) is 0 Å². The van der Waals surface area contributed by atoms with Crippen LogP contribution in [0.5, 0.6) is 0 Å². The number of benzene rings is 1. The third kappa shape index (κ3) is 5.56. The zero-order chi connectivity index (χ0) is 15.0. The molecule has 0 saturated heterocycles. The Morgan fingerprint density at radius 2 is 2.05 bits per heavy atom. The fourth-order valence-electron chi connectivity index (χ4n) is 1.46. The third-order valence-corrected chi connectivity index (χ3v) is 3.06. The Kier molecular flexibility index (Phi) is 7.00. The summed E-state index contributed by atoms with van der Waals surface area (Å²) in [4.78, 5) is 23.2. The van der Waals surface area contributed by atoms with E-state index in [-0.39, 0.29) is 30.0 Å². The first-order chi connectivity index (χ1) is 9.54. The van der Waals surface area contributed by atoms with Crippen LogP contribution in [0.15, 0.2) is 29.2 Å². The first-order valence-corrected chi connectivity index (χ1v) is 6.90. The number of esters is 1. The average molecular weight is 303 g/mol. The molecule has 1 aromatic carbocycles. The van der Waals surface area contributed by atoms with E-state index < -0.39 is 17.6 Å². The molecule has 4 nitrogen and oxygen atoms in total. The molecule has 0 fully saturated rings. The van der Waals surface area contributed by atoms with Crippen molar-refractivity contribution < 1.29 is 23.1 Å². The Labute approximate surface area is 119 Å². The van der Waals surface area contributed by atoms with E-state index in [0.717, 1.165) is 0 Å². The standard InChI is InChI=1S/C13H15F2NO3S/c1-2-19-11(17)7-8-16-12(18)9-5-3-4-6-10(9)20-13(14)15/h3-6,13H,2,7-8H2,1H3,(H,16,18). The van der Waals surface area contributed by atoms with E-state index in [1.54, 1.807) is 19.1 Å². The number of thioether (sulfide) groups is 1. The van der Waals surface area contributed by atoms with Crippen molar-refractivity contribution >= 4 is 23.6 Å². The van der Waals surface area contributed by atoms with Crippen LogP contribution in [0.2, 0.25) is 0 Å². The molecule has 110 valence electrons. The fourth-order valence-corrected chi connectivity index (χ4v) is 2.10. The van der Waals surface area contributed by atoms with Gasteiger partial charge < -0.3 is 10.1 Å². The summed E-state index contributed by atoms with van der Waals surface area (Å²) in [5.41, 5.74) is 0.168. The molecule has 0 saturated carbocycles. The van der Waals surface area contributed by atoms with Gasteiger partial charge >= 0.3 is 5.97 Å². The highest BCUT2D eigenvalue weighted by molar-refractivity contribution is 7.99. The van der Waals surface area contributed by atoms with Crippen LogP contribution < -0.4 is 5.32 Å². The maximum absolute atomic E-state index is 12.4. The van der Waals surface area contributed by atoms with Gasteiger partial charge in [0.05, 0.1) is 18.6 Å². The lowest BCUT2D eigenvalue weighted by atomic mass is 10.2. The molecule has 1 amide bonds. The molecule has 0 radical (unpaired) electrons. The highest BCUT2D eigenvalue weighted by Gasteiger charge is 2.15. The summed E-state index contributed by atoms with van der Waals surface area (Å²) in [7, 11) is 0. The van der Waals surface area contributed by atoms with Crippen molar-refractivity contribution in [3.05, 3.63) is 29.8 Å². The van der Waals surface area contributed by atoms with E-state index in [4.69, 9.17) is 4.74 Å². The van der Waals surface area contributed by atoms with Gasteiger partial charge in [0.2, 0.25) is 0 Å². The van der Waals surface area contributed by atoms with Gasteiger partial charge in [0.1, 0.15) is 0 Å². The minimum atomic E-state index is -2.59. The lowest BCUT2D eigenvalue weighted by Gasteiger charge is -2.09. The molecule has 0 spiro atoms. The van der Waals surface area contributed by atoms with Crippen molar-refractivity contribution in [1.82, 2.24) is 5.32 Å². The Morgan fingerprint density at radius 3 is 2.70 bits per heavy atom. The van der Waals surface area contributed by atoms with Crippen LogP contribution in [0.1, 0.15) is 23.7 Å².